The van der Waals surface area contributed by atoms with Gasteiger partial charge in [-0.15, -0.1) is 0 Å². The van der Waals surface area contributed by atoms with Crippen LogP contribution in [0.3, 0.4) is 0 Å². The Morgan fingerprint density at radius 1 is 1.25 bits per heavy atom. The van der Waals surface area contributed by atoms with Crippen molar-refractivity contribution < 1.29 is 4.98 Å². The lowest BCUT2D eigenvalue weighted by Crippen LogP contribution is -2.17. The minimum absolute atomic E-state index is 0.545. The van der Waals surface area contributed by atoms with E-state index >= 15 is 0 Å². The van der Waals surface area contributed by atoms with E-state index in [1.165, 1.54) is 29.0 Å². The Morgan fingerprint density at radius 2 is 2.06 bits per heavy atom. The molecule has 1 atom stereocenters. The number of hydrogen-bond donors (Lipinski definition) is 1. The molecule has 0 spiro atoms. The molecular weight excluding hydrogens is 216 g/mol. The van der Waals surface area contributed by atoms with Crippen LogP contribution < -0.4 is 10.7 Å². The summed E-state index contributed by atoms with van der Waals surface area (Å²) in [5, 5.41) is 0.841. The fourth-order valence-electron chi connectivity index (χ4n) is 2.50. The molecule has 1 aliphatic carbocycles. The molecule has 2 aromatic rings. The van der Waals surface area contributed by atoms with E-state index in [0.29, 0.717) is 5.92 Å². The van der Waals surface area contributed by atoms with Crippen molar-refractivity contribution in [3.05, 3.63) is 46.5 Å². The lowest BCUT2D eigenvalue weighted by Gasteiger charge is -2.20. The molecule has 82 valence electrons. The summed E-state index contributed by atoms with van der Waals surface area (Å²) in [7, 11) is 0. The standard InChI is InChI=1S/C13H14N2S/c14-13-15-11-8-4-7-10(12(11)16-13)9-5-2-1-3-6-9/h1-3,5-6,10H,4,7-8H2,(H2,14,15)/p+1. The van der Waals surface area contributed by atoms with Gasteiger partial charge in [0.25, 0.3) is 0 Å². The van der Waals surface area contributed by atoms with E-state index in [2.05, 4.69) is 35.3 Å². The molecule has 3 rings (SSSR count). The van der Waals surface area contributed by atoms with Gasteiger partial charge in [-0.05, 0) is 18.4 Å². The quantitative estimate of drug-likeness (QED) is 0.805. The third kappa shape index (κ3) is 1.61. The van der Waals surface area contributed by atoms with E-state index in [1.54, 1.807) is 11.3 Å². The summed E-state index contributed by atoms with van der Waals surface area (Å²) >= 11 is 1.72. The second-order valence-electron chi connectivity index (χ2n) is 4.29. The monoisotopic (exact) mass is 231 g/mol. The zero-order valence-corrected chi connectivity index (χ0v) is 9.89. The van der Waals surface area contributed by atoms with Gasteiger partial charge in [-0.25, -0.2) is 4.98 Å². The van der Waals surface area contributed by atoms with Crippen molar-refractivity contribution in [2.45, 2.75) is 25.2 Å². The van der Waals surface area contributed by atoms with E-state index in [9.17, 15) is 0 Å². The zero-order chi connectivity index (χ0) is 11.0. The number of nitrogen functional groups attached to an aromatic ring is 1. The van der Waals surface area contributed by atoms with Crippen molar-refractivity contribution >= 4 is 16.5 Å². The summed E-state index contributed by atoms with van der Waals surface area (Å²) < 4.78 is 0. The lowest BCUT2D eigenvalue weighted by atomic mass is 9.86. The smallest absolute Gasteiger partial charge is 0.278 e. The minimum atomic E-state index is 0.545. The van der Waals surface area contributed by atoms with Gasteiger partial charge in [0, 0.05) is 12.3 Å². The Morgan fingerprint density at radius 3 is 2.88 bits per heavy atom. The predicted octanol–water partition coefficient (Wildman–Crippen LogP) is 2.61. The highest BCUT2D eigenvalue weighted by Gasteiger charge is 2.27. The van der Waals surface area contributed by atoms with Crippen LogP contribution in [0.2, 0.25) is 0 Å². The van der Waals surface area contributed by atoms with Crippen LogP contribution in [-0.2, 0) is 6.42 Å². The third-order valence-electron chi connectivity index (χ3n) is 3.23. The van der Waals surface area contributed by atoms with Crippen molar-refractivity contribution in [1.82, 2.24) is 0 Å². The fraction of sp³-hybridized carbons (Fsp3) is 0.308. The maximum atomic E-state index is 5.86. The number of aromatic nitrogens is 1. The summed E-state index contributed by atoms with van der Waals surface area (Å²) in [5.41, 5.74) is 8.63. The molecule has 0 saturated carbocycles. The average molecular weight is 231 g/mol. The number of aromatic amines is 1. The van der Waals surface area contributed by atoms with Gasteiger partial charge in [0.1, 0.15) is 5.69 Å². The molecule has 16 heavy (non-hydrogen) atoms. The van der Waals surface area contributed by atoms with Gasteiger partial charge < -0.3 is 0 Å². The highest BCUT2D eigenvalue weighted by Crippen LogP contribution is 2.38. The Balaban J connectivity index is 2.05. The predicted molar refractivity (Wildman–Crippen MR) is 66.5 cm³/mol. The Hall–Kier alpha value is -1.35. The first kappa shape index (κ1) is 9.85. The molecule has 0 radical (unpaired) electrons. The van der Waals surface area contributed by atoms with Gasteiger partial charge >= 0.3 is 5.13 Å². The first-order valence-corrected chi connectivity index (χ1v) is 6.51. The minimum Gasteiger partial charge on any atom is -0.278 e. The first-order chi connectivity index (χ1) is 7.84. The first-order valence-electron chi connectivity index (χ1n) is 5.70. The number of rotatable bonds is 1. The number of anilines is 1. The van der Waals surface area contributed by atoms with Gasteiger partial charge in [-0.1, -0.05) is 41.7 Å². The van der Waals surface area contributed by atoms with Crippen LogP contribution in [0.4, 0.5) is 5.13 Å². The van der Waals surface area contributed by atoms with Gasteiger partial charge in [0.2, 0.25) is 0 Å². The van der Waals surface area contributed by atoms with Crippen LogP contribution in [0, 0.1) is 0 Å². The average Bonchev–Trinajstić information content (AvgIpc) is 2.70. The number of nitrogens with two attached hydrogens (primary N) is 1. The number of thiazole rings is 1. The van der Waals surface area contributed by atoms with Crippen molar-refractivity contribution in [2.75, 3.05) is 5.73 Å². The summed E-state index contributed by atoms with van der Waals surface area (Å²) in [6.45, 7) is 0. The van der Waals surface area contributed by atoms with E-state index in [0.717, 1.165) is 11.6 Å². The highest BCUT2D eigenvalue weighted by atomic mass is 32.1. The lowest BCUT2D eigenvalue weighted by molar-refractivity contribution is -0.368. The summed E-state index contributed by atoms with van der Waals surface area (Å²) in [4.78, 5) is 4.73. The van der Waals surface area contributed by atoms with Gasteiger partial charge in [0.15, 0.2) is 0 Å². The molecule has 2 nitrogen and oxygen atoms in total. The van der Waals surface area contributed by atoms with Crippen LogP contribution >= 0.6 is 11.3 Å². The molecular formula is C13H15N2S+. The summed E-state index contributed by atoms with van der Waals surface area (Å²) in [6.07, 6.45) is 3.64. The fourth-order valence-corrected chi connectivity index (χ4v) is 3.58. The molecule has 1 unspecified atom stereocenters. The second kappa shape index (κ2) is 3.91. The summed E-state index contributed by atoms with van der Waals surface area (Å²) in [6, 6.07) is 10.7. The van der Waals surface area contributed by atoms with Crippen LogP contribution in [0.5, 0.6) is 0 Å². The number of aryl methyl sites for hydroxylation is 1. The molecule has 0 aliphatic heterocycles. The van der Waals surface area contributed by atoms with Crippen molar-refractivity contribution in [3.8, 4) is 0 Å². The van der Waals surface area contributed by atoms with Crippen molar-refractivity contribution in [3.63, 3.8) is 0 Å². The molecule has 1 aromatic carbocycles. The molecule has 0 amide bonds. The van der Waals surface area contributed by atoms with Crippen molar-refractivity contribution in [2.24, 2.45) is 0 Å². The van der Waals surface area contributed by atoms with Gasteiger partial charge in [-0.3, -0.25) is 5.73 Å². The molecule has 3 heteroatoms. The second-order valence-corrected chi connectivity index (χ2v) is 5.37. The third-order valence-corrected chi connectivity index (χ3v) is 4.30. The van der Waals surface area contributed by atoms with Crippen LogP contribution in [0.1, 0.15) is 34.9 Å². The normalized spacial score (nSPS) is 19.4. The van der Waals surface area contributed by atoms with Crippen LogP contribution in [0.25, 0.3) is 0 Å². The maximum Gasteiger partial charge on any atom is 0.329 e. The Labute approximate surface area is 99.1 Å². The van der Waals surface area contributed by atoms with Gasteiger partial charge in [-0.2, -0.15) is 0 Å². The van der Waals surface area contributed by atoms with E-state index in [4.69, 9.17) is 5.73 Å². The molecule has 1 aliphatic rings. The zero-order valence-electron chi connectivity index (χ0n) is 9.07. The van der Waals surface area contributed by atoms with Gasteiger partial charge in [0.05, 0.1) is 4.88 Å². The molecule has 3 N–H and O–H groups in total. The number of benzene rings is 1. The largest absolute Gasteiger partial charge is 0.329 e. The highest BCUT2D eigenvalue weighted by molar-refractivity contribution is 7.15. The molecule has 1 heterocycles. The summed E-state index contributed by atoms with van der Waals surface area (Å²) in [5.74, 6) is 0.545. The number of H-pyrrole nitrogens is 1. The molecule has 0 bridgehead atoms. The Bertz CT molecular complexity index is 490. The topological polar surface area (TPSA) is 40.2 Å². The number of fused-ring (bicyclic) bond motifs is 1. The molecule has 1 aromatic heterocycles. The molecule has 0 saturated heterocycles. The molecule has 0 fully saturated rings. The van der Waals surface area contributed by atoms with Crippen LogP contribution in [-0.4, -0.2) is 0 Å². The Kier molecular flexibility index (Phi) is 2.40. The van der Waals surface area contributed by atoms with E-state index in [1.807, 2.05) is 0 Å². The van der Waals surface area contributed by atoms with E-state index in [-0.39, 0.29) is 0 Å². The van der Waals surface area contributed by atoms with E-state index < -0.39 is 0 Å². The maximum absolute atomic E-state index is 5.86. The van der Waals surface area contributed by atoms with Crippen LogP contribution in [0.15, 0.2) is 30.3 Å². The number of nitrogens with one attached hydrogen (secondary N) is 1. The van der Waals surface area contributed by atoms with Crippen molar-refractivity contribution in [1.29, 1.82) is 0 Å². The number of hydrogen-bond acceptors (Lipinski definition) is 2. The SMILES string of the molecule is Nc1[nH+]c2c(s1)C(c1ccccc1)CCC2.